The first-order chi connectivity index (χ1) is 8.37. The summed E-state index contributed by atoms with van der Waals surface area (Å²) < 4.78 is 35.4. The van der Waals surface area contributed by atoms with Crippen LogP contribution < -0.4 is 11.1 Å². The molecule has 1 aromatic rings. The molecule has 0 fully saturated rings. The Bertz CT molecular complexity index is 398. The van der Waals surface area contributed by atoms with Gasteiger partial charge in [0.05, 0.1) is 6.42 Å². The molecule has 0 aliphatic carbocycles. The molecular formula is C11H14ClF3N2OS. The van der Waals surface area contributed by atoms with Crippen molar-refractivity contribution >= 4 is 35.8 Å². The lowest BCUT2D eigenvalue weighted by Crippen LogP contribution is -2.27. The Labute approximate surface area is 119 Å². The molecule has 108 valence electrons. The van der Waals surface area contributed by atoms with E-state index in [1.54, 1.807) is 24.3 Å². The summed E-state index contributed by atoms with van der Waals surface area (Å²) in [7, 11) is 0. The highest BCUT2D eigenvalue weighted by atomic mass is 35.5. The van der Waals surface area contributed by atoms with Crippen LogP contribution in [0.15, 0.2) is 24.3 Å². The van der Waals surface area contributed by atoms with Gasteiger partial charge in [-0.25, -0.2) is 0 Å². The minimum absolute atomic E-state index is 0. The summed E-state index contributed by atoms with van der Waals surface area (Å²) in [6.07, 6.45) is 0.136. The zero-order valence-corrected chi connectivity index (χ0v) is 11.5. The number of carbonyl (C=O) groups is 1. The minimum Gasteiger partial charge on any atom is -0.399 e. The number of carbonyl (C=O) groups excluding carboxylic acids is 1. The van der Waals surface area contributed by atoms with Gasteiger partial charge < -0.3 is 11.1 Å². The van der Waals surface area contributed by atoms with Gasteiger partial charge >= 0.3 is 5.51 Å². The summed E-state index contributed by atoms with van der Waals surface area (Å²) in [6, 6.07) is 6.75. The van der Waals surface area contributed by atoms with Crippen molar-refractivity contribution in [2.45, 2.75) is 11.9 Å². The van der Waals surface area contributed by atoms with Gasteiger partial charge in [0.1, 0.15) is 0 Å². The van der Waals surface area contributed by atoms with Gasteiger partial charge in [-0.15, -0.1) is 12.4 Å². The standard InChI is InChI=1S/C11H13F3N2OS.ClH/c12-11(13,14)18-6-5-16-10(17)7-8-1-3-9(15)4-2-8;/h1-4H,5-7,15H2,(H,16,17);1H. The Morgan fingerprint density at radius 1 is 1.26 bits per heavy atom. The van der Waals surface area contributed by atoms with Crippen LogP contribution in [0.5, 0.6) is 0 Å². The van der Waals surface area contributed by atoms with Crippen LogP contribution in [-0.4, -0.2) is 23.7 Å². The number of halogens is 4. The summed E-state index contributed by atoms with van der Waals surface area (Å²) in [5, 5.41) is 2.43. The zero-order chi connectivity index (χ0) is 13.6. The van der Waals surface area contributed by atoms with Crippen molar-refractivity contribution in [1.29, 1.82) is 0 Å². The molecule has 0 saturated carbocycles. The highest BCUT2D eigenvalue weighted by Crippen LogP contribution is 2.29. The third-order valence-electron chi connectivity index (χ3n) is 2.03. The lowest BCUT2D eigenvalue weighted by Gasteiger charge is -2.07. The first-order valence-electron chi connectivity index (χ1n) is 5.18. The Balaban J connectivity index is 0.00000324. The minimum atomic E-state index is -4.25. The largest absolute Gasteiger partial charge is 0.441 e. The molecule has 0 saturated heterocycles. The second-order valence-corrected chi connectivity index (χ2v) is 4.72. The first kappa shape index (κ1) is 17.9. The molecule has 0 radical (unpaired) electrons. The maximum absolute atomic E-state index is 11.8. The number of hydrogen-bond acceptors (Lipinski definition) is 3. The van der Waals surface area contributed by atoms with Crippen molar-refractivity contribution < 1.29 is 18.0 Å². The number of benzene rings is 1. The van der Waals surface area contributed by atoms with E-state index in [1.807, 2.05) is 0 Å². The molecule has 1 amide bonds. The van der Waals surface area contributed by atoms with Crippen LogP contribution in [-0.2, 0) is 11.2 Å². The smallest absolute Gasteiger partial charge is 0.399 e. The van der Waals surface area contributed by atoms with Gasteiger partial charge in [0.2, 0.25) is 5.91 Å². The number of thioether (sulfide) groups is 1. The number of nitrogens with one attached hydrogen (secondary N) is 1. The van der Waals surface area contributed by atoms with Crippen LogP contribution in [0.25, 0.3) is 0 Å². The Kier molecular flexibility index (Phi) is 7.70. The van der Waals surface area contributed by atoms with E-state index in [2.05, 4.69) is 5.32 Å². The van der Waals surface area contributed by atoms with Crippen LogP contribution in [0.4, 0.5) is 18.9 Å². The summed E-state index contributed by atoms with van der Waals surface area (Å²) in [4.78, 5) is 11.4. The van der Waals surface area contributed by atoms with Crippen LogP contribution in [0, 0.1) is 0 Å². The van der Waals surface area contributed by atoms with Crippen LogP contribution in [0.3, 0.4) is 0 Å². The van der Waals surface area contributed by atoms with Crippen LogP contribution >= 0.6 is 24.2 Å². The number of nitrogens with two attached hydrogens (primary N) is 1. The van der Waals surface area contributed by atoms with E-state index >= 15 is 0 Å². The average molecular weight is 315 g/mol. The number of nitrogen functional groups attached to an aromatic ring is 1. The number of hydrogen-bond donors (Lipinski definition) is 2. The molecule has 0 aliphatic rings. The second kappa shape index (κ2) is 8.16. The fraction of sp³-hybridized carbons (Fsp3) is 0.364. The molecule has 8 heteroatoms. The molecule has 19 heavy (non-hydrogen) atoms. The van der Waals surface area contributed by atoms with Gasteiger partial charge in [-0.1, -0.05) is 12.1 Å². The molecule has 0 unspecified atom stereocenters. The topological polar surface area (TPSA) is 55.1 Å². The molecule has 0 aliphatic heterocycles. The summed E-state index contributed by atoms with van der Waals surface area (Å²) >= 11 is -0.147. The van der Waals surface area contributed by atoms with Crippen LogP contribution in [0.1, 0.15) is 5.56 Å². The number of alkyl halides is 3. The molecule has 1 aromatic carbocycles. The molecule has 3 nitrogen and oxygen atoms in total. The molecule has 0 heterocycles. The van der Waals surface area contributed by atoms with Crippen molar-refractivity contribution in [1.82, 2.24) is 5.32 Å². The van der Waals surface area contributed by atoms with Crippen molar-refractivity contribution in [2.75, 3.05) is 18.0 Å². The highest BCUT2D eigenvalue weighted by Gasteiger charge is 2.27. The van der Waals surface area contributed by atoms with Crippen molar-refractivity contribution in [3.05, 3.63) is 29.8 Å². The van der Waals surface area contributed by atoms with E-state index < -0.39 is 5.51 Å². The zero-order valence-electron chi connectivity index (χ0n) is 9.87. The summed E-state index contributed by atoms with van der Waals surface area (Å²) in [6.45, 7) is -0.00200. The molecule has 3 N–H and O–H groups in total. The van der Waals surface area contributed by atoms with Gasteiger partial charge in [0.15, 0.2) is 0 Å². The monoisotopic (exact) mass is 314 g/mol. The van der Waals surface area contributed by atoms with Crippen molar-refractivity contribution in [3.8, 4) is 0 Å². The first-order valence-corrected chi connectivity index (χ1v) is 6.17. The summed E-state index contributed by atoms with van der Waals surface area (Å²) in [5.41, 5.74) is 2.60. The lowest BCUT2D eigenvalue weighted by molar-refractivity contribution is -0.120. The van der Waals surface area contributed by atoms with E-state index in [-0.39, 0.29) is 48.8 Å². The quantitative estimate of drug-likeness (QED) is 0.649. The molecule has 0 spiro atoms. The molecule has 0 atom stereocenters. The average Bonchev–Trinajstić information content (AvgIpc) is 2.26. The highest BCUT2D eigenvalue weighted by molar-refractivity contribution is 8.00. The van der Waals surface area contributed by atoms with Gasteiger partial charge in [-0.05, 0) is 29.5 Å². The maximum atomic E-state index is 11.8. The van der Waals surface area contributed by atoms with Gasteiger partial charge in [-0.3, -0.25) is 4.79 Å². The number of amides is 1. The fourth-order valence-electron chi connectivity index (χ4n) is 1.24. The fourth-order valence-corrected chi connectivity index (χ4v) is 1.68. The Morgan fingerprint density at radius 3 is 2.37 bits per heavy atom. The van der Waals surface area contributed by atoms with E-state index in [0.29, 0.717) is 5.69 Å². The van der Waals surface area contributed by atoms with E-state index in [0.717, 1.165) is 5.56 Å². The van der Waals surface area contributed by atoms with Crippen molar-refractivity contribution in [2.24, 2.45) is 0 Å². The normalized spacial score (nSPS) is 10.7. The number of anilines is 1. The van der Waals surface area contributed by atoms with Gasteiger partial charge in [0, 0.05) is 18.0 Å². The van der Waals surface area contributed by atoms with E-state index in [1.165, 1.54) is 0 Å². The third kappa shape index (κ3) is 8.61. The van der Waals surface area contributed by atoms with Crippen LogP contribution in [0.2, 0.25) is 0 Å². The molecular weight excluding hydrogens is 301 g/mol. The maximum Gasteiger partial charge on any atom is 0.441 e. The van der Waals surface area contributed by atoms with Crippen molar-refractivity contribution in [3.63, 3.8) is 0 Å². The molecule has 0 bridgehead atoms. The molecule has 1 rings (SSSR count). The Hall–Kier alpha value is -1.08. The Morgan fingerprint density at radius 2 is 1.84 bits per heavy atom. The SMILES string of the molecule is Cl.Nc1ccc(CC(=O)NCCSC(F)(F)F)cc1. The predicted octanol–water partition coefficient (Wildman–Crippen LogP) is 2.60. The predicted molar refractivity (Wildman–Crippen MR) is 73.3 cm³/mol. The molecule has 0 aromatic heterocycles. The lowest BCUT2D eigenvalue weighted by atomic mass is 10.1. The van der Waals surface area contributed by atoms with Gasteiger partial charge in [-0.2, -0.15) is 13.2 Å². The second-order valence-electron chi connectivity index (χ2n) is 3.56. The van der Waals surface area contributed by atoms with E-state index in [9.17, 15) is 18.0 Å². The third-order valence-corrected chi connectivity index (χ3v) is 2.77. The van der Waals surface area contributed by atoms with E-state index in [4.69, 9.17) is 5.73 Å². The van der Waals surface area contributed by atoms with Gasteiger partial charge in [0.25, 0.3) is 0 Å². The number of rotatable bonds is 5. The summed E-state index contributed by atoms with van der Waals surface area (Å²) in [5.74, 6) is -0.487.